The van der Waals surface area contributed by atoms with Gasteiger partial charge in [-0.3, -0.25) is 0 Å². The van der Waals surface area contributed by atoms with E-state index in [1.165, 1.54) is 0 Å². The number of rotatable bonds is 5. The highest BCUT2D eigenvalue weighted by Gasteiger charge is 2.28. The van der Waals surface area contributed by atoms with Crippen LogP contribution in [0, 0.1) is 6.92 Å². The zero-order chi connectivity index (χ0) is 17.9. The van der Waals surface area contributed by atoms with Crippen molar-refractivity contribution in [2.24, 2.45) is 0 Å². The van der Waals surface area contributed by atoms with Gasteiger partial charge in [0.1, 0.15) is 6.61 Å². The van der Waals surface area contributed by atoms with Gasteiger partial charge in [-0.15, -0.1) is 0 Å². The van der Waals surface area contributed by atoms with Gasteiger partial charge in [0.25, 0.3) is 0 Å². The Morgan fingerprint density at radius 3 is 3.00 bits per heavy atom. The molecule has 0 saturated carbocycles. The van der Waals surface area contributed by atoms with E-state index < -0.39 is 10.0 Å². The third-order valence-corrected chi connectivity index (χ3v) is 6.22. The topological polar surface area (TPSA) is 71.5 Å². The van der Waals surface area contributed by atoms with Gasteiger partial charge in [0.05, 0.1) is 4.90 Å². The lowest BCUT2D eigenvalue weighted by atomic mass is 10.1. The van der Waals surface area contributed by atoms with Gasteiger partial charge >= 0.3 is 0 Å². The molecule has 1 aromatic heterocycles. The summed E-state index contributed by atoms with van der Waals surface area (Å²) in [6, 6.07) is 5.25. The lowest BCUT2D eigenvalue weighted by Gasteiger charge is -2.21. The molecular weight excluding hydrogens is 338 g/mol. The summed E-state index contributed by atoms with van der Waals surface area (Å²) in [6.45, 7) is 8.33. The smallest absolute Gasteiger partial charge is 0.243 e. The van der Waals surface area contributed by atoms with Crippen molar-refractivity contribution in [3.8, 4) is 5.88 Å². The number of pyridine rings is 1. The molecule has 1 aliphatic rings. The Morgan fingerprint density at radius 1 is 1.36 bits per heavy atom. The molecule has 0 unspecified atom stereocenters. The maximum absolute atomic E-state index is 13.3. The molecule has 0 atom stereocenters. The van der Waals surface area contributed by atoms with Crippen LogP contribution in [-0.2, 0) is 10.0 Å². The van der Waals surface area contributed by atoms with Crippen LogP contribution in [0.5, 0.6) is 5.88 Å². The van der Waals surface area contributed by atoms with Crippen molar-refractivity contribution in [2.45, 2.75) is 18.2 Å². The normalized spacial score (nSPS) is 16.5. The summed E-state index contributed by atoms with van der Waals surface area (Å²) in [7, 11) is -3.58. The maximum atomic E-state index is 13.3. The number of nitrogens with one attached hydrogen (secondary N) is 1. The van der Waals surface area contributed by atoms with Crippen molar-refractivity contribution < 1.29 is 13.2 Å². The van der Waals surface area contributed by atoms with Crippen molar-refractivity contribution in [3.63, 3.8) is 0 Å². The largest absolute Gasteiger partial charge is 0.473 e. The molecule has 0 aliphatic carbocycles. The van der Waals surface area contributed by atoms with E-state index in [1.807, 2.05) is 13.0 Å². The first-order chi connectivity index (χ1) is 12.1. The molecule has 0 amide bonds. The van der Waals surface area contributed by atoms with Crippen LogP contribution in [0.2, 0.25) is 0 Å². The summed E-state index contributed by atoms with van der Waals surface area (Å²) in [4.78, 5) is 4.62. The quantitative estimate of drug-likeness (QED) is 0.826. The van der Waals surface area contributed by atoms with E-state index in [0.717, 1.165) is 18.5 Å². The number of ether oxygens (including phenoxy) is 1. The lowest BCUT2D eigenvalue weighted by Crippen LogP contribution is -2.34. The standard InChI is InChI=1S/C18H23N3O3S/c1-3-12-24-18-15-6-4-7-16(17(15)14(2)13-20-18)25(22,23)21-10-5-8-19-9-11-21/h3-4,6-7,13,19H,1,5,8-12H2,2H3. The van der Waals surface area contributed by atoms with E-state index in [-0.39, 0.29) is 0 Å². The monoisotopic (exact) mass is 361 g/mol. The summed E-state index contributed by atoms with van der Waals surface area (Å²) in [5, 5.41) is 4.62. The van der Waals surface area contributed by atoms with Crippen molar-refractivity contribution in [3.05, 3.63) is 42.6 Å². The van der Waals surface area contributed by atoms with Gasteiger partial charge in [0.2, 0.25) is 15.9 Å². The SMILES string of the molecule is C=CCOc1ncc(C)c2c(S(=O)(=O)N3CCCNCC3)cccc12. The molecule has 1 saturated heterocycles. The number of nitrogens with zero attached hydrogens (tertiary/aromatic N) is 2. The number of fused-ring (bicyclic) bond motifs is 1. The molecule has 6 nitrogen and oxygen atoms in total. The molecule has 0 bridgehead atoms. The van der Waals surface area contributed by atoms with Gasteiger partial charge in [0.15, 0.2) is 0 Å². The van der Waals surface area contributed by atoms with E-state index in [1.54, 1.807) is 28.7 Å². The van der Waals surface area contributed by atoms with Gasteiger partial charge in [-0.05, 0) is 37.6 Å². The number of aryl methyl sites for hydroxylation is 1. The van der Waals surface area contributed by atoms with Gasteiger partial charge in [-0.25, -0.2) is 13.4 Å². The molecule has 1 aliphatic heterocycles. The summed E-state index contributed by atoms with van der Waals surface area (Å²) >= 11 is 0. The van der Waals surface area contributed by atoms with Crippen LogP contribution in [0.3, 0.4) is 0 Å². The molecule has 2 aromatic rings. The van der Waals surface area contributed by atoms with Crippen molar-refractivity contribution in [1.82, 2.24) is 14.6 Å². The number of aromatic nitrogens is 1. The third-order valence-electron chi connectivity index (χ3n) is 4.28. The van der Waals surface area contributed by atoms with E-state index in [4.69, 9.17) is 4.74 Å². The first kappa shape index (κ1) is 17.8. The highest BCUT2D eigenvalue weighted by Crippen LogP contribution is 2.32. The van der Waals surface area contributed by atoms with Crippen molar-refractivity contribution >= 4 is 20.8 Å². The predicted molar refractivity (Wildman–Crippen MR) is 98.4 cm³/mol. The lowest BCUT2D eigenvalue weighted by molar-refractivity contribution is 0.353. The molecule has 3 rings (SSSR count). The minimum absolute atomic E-state index is 0.315. The fourth-order valence-corrected chi connectivity index (χ4v) is 4.83. The Bertz CT molecular complexity index is 873. The van der Waals surface area contributed by atoms with Crippen LogP contribution in [0.25, 0.3) is 10.8 Å². The van der Waals surface area contributed by atoms with E-state index in [0.29, 0.717) is 47.8 Å². The first-order valence-corrected chi connectivity index (χ1v) is 9.82. The van der Waals surface area contributed by atoms with E-state index in [9.17, 15) is 8.42 Å². The van der Waals surface area contributed by atoms with Crippen molar-refractivity contribution in [2.75, 3.05) is 32.8 Å². The summed E-state index contributed by atoms with van der Waals surface area (Å²) in [5.74, 6) is 0.426. The maximum Gasteiger partial charge on any atom is 0.243 e. The average molecular weight is 361 g/mol. The van der Waals surface area contributed by atoms with Crippen LogP contribution in [0.1, 0.15) is 12.0 Å². The zero-order valence-corrected chi connectivity index (χ0v) is 15.2. The molecule has 134 valence electrons. The zero-order valence-electron chi connectivity index (χ0n) is 14.4. The summed E-state index contributed by atoms with van der Waals surface area (Å²) in [6.07, 6.45) is 4.10. The molecular formula is C18H23N3O3S. The third kappa shape index (κ3) is 3.53. The Kier molecular flexibility index (Phi) is 5.36. The Hall–Kier alpha value is -1.96. The van der Waals surface area contributed by atoms with Crippen molar-refractivity contribution in [1.29, 1.82) is 0 Å². The summed E-state index contributed by atoms with van der Waals surface area (Å²) < 4.78 is 33.7. The average Bonchev–Trinajstić information content (AvgIpc) is 2.91. The molecule has 25 heavy (non-hydrogen) atoms. The molecule has 0 spiro atoms. The first-order valence-electron chi connectivity index (χ1n) is 8.38. The predicted octanol–water partition coefficient (Wildman–Crippen LogP) is 2.09. The van der Waals surface area contributed by atoms with Gasteiger partial charge in [0, 0.05) is 36.6 Å². The fourth-order valence-electron chi connectivity index (χ4n) is 3.07. The molecule has 1 aromatic carbocycles. The van der Waals surface area contributed by atoms with Gasteiger partial charge < -0.3 is 10.1 Å². The van der Waals surface area contributed by atoms with Crippen LogP contribution in [0.15, 0.2) is 41.9 Å². The van der Waals surface area contributed by atoms with Crippen LogP contribution in [-0.4, -0.2) is 50.5 Å². The highest BCUT2D eigenvalue weighted by atomic mass is 32.2. The highest BCUT2D eigenvalue weighted by molar-refractivity contribution is 7.89. The van der Waals surface area contributed by atoms with Crippen LogP contribution >= 0.6 is 0 Å². The number of hydrogen-bond acceptors (Lipinski definition) is 5. The van der Waals surface area contributed by atoms with E-state index >= 15 is 0 Å². The molecule has 2 heterocycles. The van der Waals surface area contributed by atoms with Gasteiger partial charge in [-0.2, -0.15) is 4.31 Å². The minimum Gasteiger partial charge on any atom is -0.473 e. The minimum atomic E-state index is -3.58. The Morgan fingerprint density at radius 2 is 2.20 bits per heavy atom. The molecule has 0 radical (unpaired) electrons. The van der Waals surface area contributed by atoms with Gasteiger partial charge in [-0.1, -0.05) is 18.7 Å². The summed E-state index contributed by atoms with van der Waals surface area (Å²) in [5.41, 5.74) is 0.813. The Labute approximate surface area is 148 Å². The van der Waals surface area contributed by atoms with E-state index in [2.05, 4.69) is 16.9 Å². The number of sulfonamides is 1. The molecule has 1 fully saturated rings. The number of benzene rings is 1. The van der Waals surface area contributed by atoms with Crippen LogP contribution in [0.4, 0.5) is 0 Å². The second kappa shape index (κ2) is 7.51. The second-order valence-corrected chi connectivity index (χ2v) is 7.94. The number of hydrogen-bond donors (Lipinski definition) is 1. The fraction of sp³-hybridized carbons (Fsp3) is 0.389. The van der Waals surface area contributed by atoms with Crippen LogP contribution < -0.4 is 10.1 Å². The Balaban J connectivity index is 2.14. The molecule has 1 N–H and O–H groups in total. The molecule has 7 heteroatoms. The second-order valence-electron chi connectivity index (χ2n) is 6.03.